The van der Waals surface area contributed by atoms with Crippen molar-refractivity contribution in [1.82, 2.24) is 0 Å². The Morgan fingerprint density at radius 3 is 2.52 bits per heavy atom. The van der Waals surface area contributed by atoms with Crippen LogP contribution in [-0.4, -0.2) is 30.8 Å². The summed E-state index contributed by atoms with van der Waals surface area (Å²) in [7, 11) is 1.65. The third-order valence-electron chi connectivity index (χ3n) is 3.40. The zero-order valence-electron chi connectivity index (χ0n) is 13.4. The molecule has 2 aromatic rings. The normalized spacial score (nSPS) is 11.6. The van der Waals surface area contributed by atoms with Crippen molar-refractivity contribution in [2.24, 2.45) is 0 Å². The summed E-state index contributed by atoms with van der Waals surface area (Å²) in [4.78, 5) is 11.2. The number of hydrogen-bond donors (Lipinski definition) is 3. The Kier molecular flexibility index (Phi) is 6.00. The molecule has 3 N–H and O–H groups in total. The van der Waals surface area contributed by atoms with Crippen LogP contribution in [0.4, 0.5) is 11.4 Å². The van der Waals surface area contributed by atoms with Crippen LogP contribution in [0.2, 0.25) is 0 Å². The summed E-state index contributed by atoms with van der Waals surface area (Å²) in [5.41, 5.74) is 2.79. The molecule has 0 fully saturated rings. The lowest BCUT2D eigenvalue weighted by Crippen LogP contribution is -2.19. The first kappa shape index (κ1) is 16.8. The molecule has 0 radical (unpaired) electrons. The Morgan fingerprint density at radius 1 is 1.17 bits per heavy atom. The molecule has 23 heavy (non-hydrogen) atoms. The summed E-state index contributed by atoms with van der Waals surface area (Å²) < 4.78 is 5.16. The maximum absolute atomic E-state index is 11.2. The predicted octanol–water partition coefficient (Wildman–Crippen LogP) is 2.67. The third kappa shape index (κ3) is 5.30. The van der Waals surface area contributed by atoms with Crippen molar-refractivity contribution in [2.45, 2.75) is 19.4 Å². The summed E-state index contributed by atoms with van der Waals surface area (Å²) in [5, 5.41) is 14.8. The van der Waals surface area contributed by atoms with E-state index in [9.17, 15) is 4.79 Å². The molecule has 0 heterocycles. The fraction of sp³-hybridized carbons (Fsp3) is 0.278. The van der Waals surface area contributed by atoms with Gasteiger partial charge in [0.1, 0.15) is 12.4 Å². The van der Waals surface area contributed by atoms with Crippen LogP contribution in [0.15, 0.2) is 48.5 Å². The highest BCUT2D eigenvalue weighted by Crippen LogP contribution is 2.18. The number of hydrogen-bond acceptors (Lipinski definition) is 4. The molecule has 0 bridgehead atoms. The highest BCUT2D eigenvalue weighted by molar-refractivity contribution is 5.91. The Hall–Kier alpha value is -2.53. The number of carbonyl (C=O) groups is 1. The highest BCUT2D eigenvalue weighted by atomic mass is 16.5. The van der Waals surface area contributed by atoms with Gasteiger partial charge in [-0.05, 0) is 49.2 Å². The Labute approximate surface area is 136 Å². The Bertz CT molecular complexity index is 641. The number of rotatable bonds is 7. The van der Waals surface area contributed by atoms with Crippen LogP contribution in [0.1, 0.15) is 12.5 Å². The van der Waals surface area contributed by atoms with E-state index in [-0.39, 0.29) is 6.04 Å². The maximum Gasteiger partial charge on any atom is 0.250 e. The number of ether oxygens (including phenoxy) is 1. The number of nitrogens with one attached hydrogen (secondary N) is 2. The van der Waals surface area contributed by atoms with E-state index in [1.165, 1.54) is 5.56 Å². The molecule has 0 aliphatic heterocycles. The molecule has 2 aromatic carbocycles. The monoisotopic (exact) mass is 314 g/mol. The number of methoxy groups -OCH3 is 1. The van der Waals surface area contributed by atoms with E-state index in [0.29, 0.717) is 5.69 Å². The van der Waals surface area contributed by atoms with E-state index in [4.69, 9.17) is 9.84 Å². The van der Waals surface area contributed by atoms with E-state index in [2.05, 4.69) is 29.7 Å². The average Bonchev–Trinajstić information content (AvgIpc) is 2.55. The molecule has 1 unspecified atom stereocenters. The second kappa shape index (κ2) is 8.19. The van der Waals surface area contributed by atoms with Gasteiger partial charge in [-0.2, -0.15) is 0 Å². The molecular weight excluding hydrogens is 292 g/mol. The van der Waals surface area contributed by atoms with Gasteiger partial charge in [0.15, 0.2) is 0 Å². The van der Waals surface area contributed by atoms with Gasteiger partial charge in [-0.15, -0.1) is 0 Å². The largest absolute Gasteiger partial charge is 0.497 e. The summed E-state index contributed by atoms with van der Waals surface area (Å²) in [6.07, 6.45) is 0.872. The molecular formula is C18H22N2O3. The van der Waals surface area contributed by atoms with Gasteiger partial charge >= 0.3 is 0 Å². The molecule has 0 saturated heterocycles. The van der Waals surface area contributed by atoms with Crippen molar-refractivity contribution < 1.29 is 14.6 Å². The smallest absolute Gasteiger partial charge is 0.250 e. The van der Waals surface area contributed by atoms with Gasteiger partial charge in [0.25, 0.3) is 0 Å². The van der Waals surface area contributed by atoms with Crippen molar-refractivity contribution in [2.75, 3.05) is 24.4 Å². The SMILES string of the molecule is COc1ccc(CC(C)Nc2cccc(NC(=O)CO)c2)cc1. The van der Waals surface area contributed by atoms with Crippen molar-refractivity contribution >= 4 is 17.3 Å². The highest BCUT2D eigenvalue weighted by Gasteiger charge is 2.06. The van der Waals surface area contributed by atoms with E-state index in [1.54, 1.807) is 13.2 Å². The van der Waals surface area contributed by atoms with Crippen molar-refractivity contribution in [1.29, 1.82) is 0 Å². The number of amides is 1. The fourth-order valence-corrected chi connectivity index (χ4v) is 2.34. The molecule has 2 rings (SSSR count). The van der Waals surface area contributed by atoms with Gasteiger partial charge in [-0.25, -0.2) is 0 Å². The van der Waals surface area contributed by atoms with Crippen LogP contribution in [0.3, 0.4) is 0 Å². The van der Waals surface area contributed by atoms with Crippen LogP contribution >= 0.6 is 0 Å². The van der Waals surface area contributed by atoms with E-state index in [1.807, 2.05) is 30.3 Å². The lowest BCUT2D eigenvalue weighted by atomic mass is 10.1. The second-order valence-electron chi connectivity index (χ2n) is 5.38. The molecule has 1 amide bonds. The topological polar surface area (TPSA) is 70.6 Å². The first-order valence-corrected chi connectivity index (χ1v) is 7.51. The number of aliphatic hydroxyl groups is 1. The van der Waals surface area contributed by atoms with Crippen LogP contribution in [0.25, 0.3) is 0 Å². The minimum atomic E-state index is -0.522. The molecule has 5 heteroatoms. The van der Waals surface area contributed by atoms with Gasteiger partial charge in [0.05, 0.1) is 7.11 Å². The Balaban J connectivity index is 1.95. The van der Waals surface area contributed by atoms with Gasteiger partial charge in [-0.3, -0.25) is 4.79 Å². The molecule has 0 spiro atoms. The average molecular weight is 314 g/mol. The standard InChI is InChI=1S/C18H22N2O3/c1-13(10-14-6-8-17(23-2)9-7-14)19-15-4-3-5-16(11-15)20-18(22)12-21/h3-9,11,13,19,21H,10,12H2,1-2H3,(H,20,22). The van der Waals surface area contributed by atoms with Gasteiger partial charge < -0.3 is 20.5 Å². The molecule has 5 nitrogen and oxygen atoms in total. The number of benzene rings is 2. The lowest BCUT2D eigenvalue weighted by molar-refractivity contribution is -0.118. The fourth-order valence-electron chi connectivity index (χ4n) is 2.34. The molecule has 0 saturated carbocycles. The van der Waals surface area contributed by atoms with E-state index < -0.39 is 12.5 Å². The van der Waals surface area contributed by atoms with E-state index >= 15 is 0 Å². The van der Waals surface area contributed by atoms with Crippen molar-refractivity contribution in [3.8, 4) is 5.75 Å². The number of anilines is 2. The third-order valence-corrected chi connectivity index (χ3v) is 3.40. The van der Waals surface area contributed by atoms with Crippen molar-refractivity contribution in [3.63, 3.8) is 0 Å². The Morgan fingerprint density at radius 2 is 1.87 bits per heavy atom. The number of aliphatic hydroxyl groups excluding tert-OH is 1. The van der Waals surface area contributed by atoms with Gasteiger partial charge in [-0.1, -0.05) is 18.2 Å². The summed E-state index contributed by atoms with van der Waals surface area (Å²) in [6, 6.07) is 15.7. The minimum absolute atomic E-state index is 0.229. The van der Waals surface area contributed by atoms with Crippen LogP contribution < -0.4 is 15.4 Å². The van der Waals surface area contributed by atoms with Gasteiger partial charge in [0, 0.05) is 17.4 Å². The van der Waals surface area contributed by atoms with Gasteiger partial charge in [0.2, 0.25) is 5.91 Å². The first-order valence-electron chi connectivity index (χ1n) is 7.51. The zero-order chi connectivity index (χ0) is 16.7. The summed E-state index contributed by atoms with van der Waals surface area (Å²) in [6.45, 7) is 1.58. The second-order valence-corrected chi connectivity index (χ2v) is 5.38. The van der Waals surface area contributed by atoms with Crippen LogP contribution in [0.5, 0.6) is 5.75 Å². The predicted molar refractivity (Wildman–Crippen MR) is 91.9 cm³/mol. The van der Waals surface area contributed by atoms with Crippen LogP contribution in [0, 0.1) is 0 Å². The van der Waals surface area contributed by atoms with Crippen LogP contribution in [-0.2, 0) is 11.2 Å². The lowest BCUT2D eigenvalue weighted by Gasteiger charge is -2.16. The summed E-state index contributed by atoms with van der Waals surface area (Å²) >= 11 is 0. The first-order chi connectivity index (χ1) is 11.1. The molecule has 122 valence electrons. The minimum Gasteiger partial charge on any atom is -0.497 e. The molecule has 1 atom stereocenters. The quantitative estimate of drug-likeness (QED) is 0.735. The molecule has 0 aliphatic carbocycles. The molecule has 0 aliphatic rings. The van der Waals surface area contributed by atoms with Crippen molar-refractivity contribution in [3.05, 3.63) is 54.1 Å². The molecule has 0 aromatic heterocycles. The zero-order valence-corrected chi connectivity index (χ0v) is 13.4. The number of carbonyl (C=O) groups excluding carboxylic acids is 1. The maximum atomic E-state index is 11.2. The van der Waals surface area contributed by atoms with E-state index in [0.717, 1.165) is 17.9 Å². The summed E-state index contributed by atoms with van der Waals surface area (Å²) in [5.74, 6) is 0.426.